The van der Waals surface area contributed by atoms with Crippen LogP contribution in [0.5, 0.6) is 0 Å². The molecule has 0 spiro atoms. The number of hydrogen-bond donors (Lipinski definition) is 1. The van der Waals surface area contributed by atoms with Gasteiger partial charge in [-0.25, -0.2) is 0 Å². The van der Waals surface area contributed by atoms with Crippen LogP contribution in [0.4, 0.5) is 0 Å². The highest BCUT2D eigenvalue weighted by molar-refractivity contribution is 5.28. The van der Waals surface area contributed by atoms with Crippen LogP contribution in [0.2, 0.25) is 0 Å². The Morgan fingerprint density at radius 3 is 2.50 bits per heavy atom. The molecule has 0 aliphatic rings. The molecule has 1 atom stereocenters. The molecule has 1 aromatic rings. The minimum atomic E-state index is 0.128. The van der Waals surface area contributed by atoms with E-state index in [1.54, 1.807) is 0 Å². The lowest BCUT2D eigenvalue weighted by Gasteiger charge is -2.06. The van der Waals surface area contributed by atoms with Crippen LogP contribution >= 0.6 is 0 Å². The third-order valence-electron chi connectivity index (χ3n) is 1.71. The highest BCUT2D eigenvalue weighted by Crippen LogP contribution is 2.12. The largest absolute Gasteiger partial charge is 0.329 e. The van der Waals surface area contributed by atoms with Gasteiger partial charge in [-0.2, -0.15) is 0 Å². The molecular formula is C11H12N. The standard InChI is InChI=1S/C11H12N/c1-2-6-11(9-12)10-7-4-3-5-8-10/h3-5,7-8,11H,1,9,12H2. The molecule has 0 saturated carbocycles. The van der Waals surface area contributed by atoms with E-state index in [1.165, 1.54) is 0 Å². The average Bonchev–Trinajstić information content (AvgIpc) is 2.15. The van der Waals surface area contributed by atoms with Crippen molar-refractivity contribution < 1.29 is 0 Å². The third kappa shape index (κ3) is 2.11. The van der Waals surface area contributed by atoms with E-state index in [9.17, 15) is 0 Å². The van der Waals surface area contributed by atoms with Gasteiger partial charge in [0.15, 0.2) is 0 Å². The predicted octanol–water partition coefficient (Wildman–Crippen LogP) is 1.57. The Balaban J connectivity index is 2.85. The van der Waals surface area contributed by atoms with Gasteiger partial charge < -0.3 is 5.73 Å². The van der Waals surface area contributed by atoms with E-state index in [2.05, 4.69) is 18.8 Å². The van der Waals surface area contributed by atoms with Crippen LogP contribution < -0.4 is 5.73 Å². The van der Waals surface area contributed by atoms with Gasteiger partial charge in [0.1, 0.15) is 0 Å². The molecule has 0 heterocycles. The molecule has 12 heavy (non-hydrogen) atoms. The summed E-state index contributed by atoms with van der Waals surface area (Å²) < 4.78 is 0. The first-order valence-electron chi connectivity index (χ1n) is 3.91. The lowest BCUT2D eigenvalue weighted by Crippen LogP contribution is -2.10. The van der Waals surface area contributed by atoms with Gasteiger partial charge in [0, 0.05) is 13.5 Å². The van der Waals surface area contributed by atoms with Crippen LogP contribution in [-0.2, 0) is 0 Å². The van der Waals surface area contributed by atoms with Crippen LogP contribution in [-0.4, -0.2) is 6.54 Å². The van der Waals surface area contributed by atoms with E-state index >= 15 is 0 Å². The van der Waals surface area contributed by atoms with E-state index in [0.29, 0.717) is 6.54 Å². The Morgan fingerprint density at radius 2 is 2.00 bits per heavy atom. The highest BCUT2D eigenvalue weighted by atomic mass is 14.5. The monoisotopic (exact) mass is 158 g/mol. The van der Waals surface area contributed by atoms with Gasteiger partial charge in [-0.3, -0.25) is 0 Å². The van der Waals surface area contributed by atoms with Crippen LogP contribution in [0, 0.1) is 18.8 Å². The molecule has 61 valence electrons. The zero-order valence-corrected chi connectivity index (χ0v) is 6.96. The fourth-order valence-electron chi connectivity index (χ4n) is 1.09. The normalized spacial score (nSPS) is 11.5. The topological polar surface area (TPSA) is 26.0 Å². The molecule has 0 amide bonds. The van der Waals surface area contributed by atoms with Gasteiger partial charge in [0.05, 0.1) is 5.92 Å². The fourth-order valence-corrected chi connectivity index (χ4v) is 1.09. The van der Waals surface area contributed by atoms with Crippen molar-refractivity contribution in [1.82, 2.24) is 0 Å². The maximum atomic E-state index is 5.56. The minimum Gasteiger partial charge on any atom is -0.329 e. The fraction of sp³-hybridized carbons (Fsp3) is 0.182. The van der Waals surface area contributed by atoms with Gasteiger partial charge in [0.25, 0.3) is 0 Å². The molecule has 1 nitrogen and oxygen atoms in total. The Bertz CT molecular complexity index is 279. The first-order chi connectivity index (χ1) is 5.88. The van der Waals surface area contributed by atoms with Crippen molar-refractivity contribution in [2.24, 2.45) is 5.73 Å². The average molecular weight is 158 g/mol. The van der Waals surface area contributed by atoms with Gasteiger partial charge >= 0.3 is 0 Å². The summed E-state index contributed by atoms with van der Waals surface area (Å²) in [5.41, 5.74) is 6.72. The first kappa shape index (κ1) is 8.83. The molecule has 1 radical (unpaired) electrons. The van der Waals surface area contributed by atoms with Gasteiger partial charge in [0.2, 0.25) is 0 Å². The molecule has 0 aliphatic carbocycles. The summed E-state index contributed by atoms with van der Waals surface area (Å²) in [5.74, 6) is 5.73. The van der Waals surface area contributed by atoms with E-state index in [-0.39, 0.29) is 5.92 Å². The van der Waals surface area contributed by atoms with Crippen LogP contribution in [0.25, 0.3) is 0 Å². The van der Waals surface area contributed by atoms with Crippen LogP contribution in [0.15, 0.2) is 30.3 Å². The lowest BCUT2D eigenvalue weighted by atomic mass is 10.0. The molecule has 0 bridgehead atoms. The maximum absolute atomic E-state index is 5.56. The Morgan fingerprint density at radius 1 is 1.33 bits per heavy atom. The number of benzene rings is 1. The quantitative estimate of drug-likeness (QED) is 0.649. The highest BCUT2D eigenvalue weighted by Gasteiger charge is 2.03. The Hall–Kier alpha value is -1.26. The number of hydrogen-bond acceptors (Lipinski definition) is 1. The van der Waals surface area contributed by atoms with Gasteiger partial charge in [-0.15, -0.1) is 5.92 Å². The van der Waals surface area contributed by atoms with Crippen molar-refractivity contribution in [3.05, 3.63) is 42.8 Å². The summed E-state index contributed by atoms with van der Waals surface area (Å²) in [4.78, 5) is 0. The second kappa shape index (κ2) is 4.58. The summed E-state index contributed by atoms with van der Waals surface area (Å²) in [7, 11) is 0. The molecule has 0 fully saturated rings. The summed E-state index contributed by atoms with van der Waals surface area (Å²) in [6.45, 7) is 4.03. The number of rotatable bonds is 2. The summed E-state index contributed by atoms with van der Waals surface area (Å²) in [6.07, 6.45) is 0. The third-order valence-corrected chi connectivity index (χ3v) is 1.71. The molecular weight excluding hydrogens is 146 g/mol. The Kier molecular flexibility index (Phi) is 3.37. The molecule has 1 aromatic carbocycles. The van der Waals surface area contributed by atoms with E-state index in [4.69, 9.17) is 5.73 Å². The second-order valence-corrected chi connectivity index (χ2v) is 2.52. The minimum absolute atomic E-state index is 0.128. The van der Waals surface area contributed by atoms with E-state index < -0.39 is 0 Å². The van der Waals surface area contributed by atoms with E-state index in [1.807, 2.05) is 30.3 Å². The van der Waals surface area contributed by atoms with Crippen molar-refractivity contribution >= 4 is 0 Å². The molecule has 0 saturated heterocycles. The van der Waals surface area contributed by atoms with Crippen molar-refractivity contribution in [2.45, 2.75) is 5.92 Å². The summed E-state index contributed by atoms with van der Waals surface area (Å²) in [6, 6.07) is 10.0. The zero-order valence-electron chi connectivity index (χ0n) is 6.96. The molecule has 0 aromatic heterocycles. The molecule has 1 unspecified atom stereocenters. The summed E-state index contributed by atoms with van der Waals surface area (Å²) in [5, 5.41) is 0. The molecule has 1 heteroatoms. The van der Waals surface area contributed by atoms with Crippen molar-refractivity contribution in [3.8, 4) is 11.8 Å². The summed E-state index contributed by atoms with van der Waals surface area (Å²) >= 11 is 0. The van der Waals surface area contributed by atoms with Crippen LogP contribution in [0.3, 0.4) is 0 Å². The lowest BCUT2D eigenvalue weighted by molar-refractivity contribution is 0.875. The molecule has 2 N–H and O–H groups in total. The first-order valence-corrected chi connectivity index (χ1v) is 3.91. The zero-order chi connectivity index (χ0) is 8.81. The predicted molar refractivity (Wildman–Crippen MR) is 51.4 cm³/mol. The number of nitrogens with two attached hydrogens (primary N) is 1. The maximum Gasteiger partial charge on any atom is 0.0574 e. The van der Waals surface area contributed by atoms with Gasteiger partial charge in [-0.05, 0) is 5.56 Å². The molecule has 0 aliphatic heterocycles. The smallest absolute Gasteiger partial charge is 0.0574 e. The Labute approximate surface area is 73.6 Å². The second-order valence-electron chi connectivity index (χ2n) is 2.52. The van der Waals surface area contributed by atoms with E-state index in [0.717, 1.165) is 5.56 Å². The molecule has 1 rings (SSSR count). The van der Waals surface area contributed by atoms with Crippen molar-refractivity contribution in [2.75, 3.05) is 6.54 Å². The van der Waals surface area contributed by atoms with Crippen molar-refractivity contribution in [1.29, 1.82) is 0 Å². The van der Waals surface area contributed by atoms with Gasteiger partial charge in [-0.1, -0.05) is 36.3 Å². The van der Waals surface area contributed by atoms with Crippen molar-refractivity contribution in [3.63, 3.8) is 0 Å². The van der Waals surface area contributed by atoms with Crippen LogP contribution in [0.1, 0.15) is 11.5 Å². The SMILES string of the molecule is [CH2]C#CC(CN)c1ccccc1.